The van der Waals surface area contributed by atoms with Crippen molar-refractivity contribution in [3.05, 3.63) is 42.0 Å². The Morgan fingerprint density at radius 3 is 2.50 bits per heavy atom. The van der Waals surface area contributed by atoms with Crippen molar-refractivity contribution in [1.29, 1.82) is 0 Å². The molecule has 1 N–H and O–H groups in total. The van der Waals surface area contributed by atoms with Gasteiger partial charge in [-0.15, -0.1) is 10.2 Å². The Hall–Kier alpha value is -2.96. The van der Waals surface area contributed by atoms with Crippen LogP contribution in [0.25, 0.3) is 11.3 Å². The van der Waals surface area contributed by atoms with E-state index in [9.17, 15) is 9.59 Å². The topological polar surface area (TPSA) is 78.4 Å². The maximum absolute atomic E-state index is 12.2. The molecule has 2 amide bonds. The molecule has 1 aliphatic heterocycles. The molecule has 26 heavy (non-hydrogen) atoms. The number of benzene rings is 1. The van der Waals surface area contributed by atoms with Gasteiger partial charge in [0, 0.05) is 51.3 Å². The molecule has 1 aromatic carbocycles. The summed E-state index contributed by atoms with van der Waals surface area (Å²) in [5, 5.41) is 11.2. The van der Waals surface area contributed by atoms with Crippen LogP contribution in [-0.2, 0) is 4.79 Å². The van der Waals surface area contributed by atoms with Crippen molar-refractivity contribution < 1.29 is 9.59 Å². The summed E-state index contributed by atoms with van der Waals surface area (Å²) in [5.74, 6) is 0.823. The van der Waals surface area contributed by atoms with Gasteiger partial charge >= 0.3 is 0 Å². The molecule has 0 unspecified atom stereocenters. The summed E-state index contributed by atoms with van der Waals surface area (Å²) in [7, 11) is 3.83. The molecule has 0 radical (unpaired) electrons. The summed E-state index contributed by atoms with van der Waals surface area (Å²) in [5.41, 5.74) is 2.25. The zero-order chi connectivity index (χ0) is 18.5. The van der Waals surface area contributed by atoms with Gasteiger partial charge in [-0.2, -0.15) is 0 Å². The lowest BCUT2D eigenvalue weighted by atomic mass is 10.1. The van der Waals surface area contributed by atoms with Crippen LogP contribution in [0.2, 0.25) is 0 Å². The minimum atomic E-state index is -0.141. The van der Waals surface area contributed by atoms with Crippen molar-refractivity contribution in [3.63, 3.8) is 0 Å². The molecule has 0 aliphatic carbocycles. The maximum Gasteiger partial charge on any atom is 0.251 e. The summed E-state index contributed by atoms with van der Waals surface area (Å²) < 4.78 is 0. The number of rotatable bonds is 6. The number of hydrogen-bond donors (Lipinski definition) is 1. The number of nitrogens with zero attached hydrogens (tertiary/aromatic N) is 4. The number of carbonyl (C=O) groups is 2. The van der Waals surface area contributed by atoms with Crippen LogP contribution in [0.4, 0.5) is 5.82 Å². The molecule has 1 aliphatic rings. The Bertz CT molecular complexity index is 772. The normalized spacial score (nSPS) is 13.8. The van der Waals surface area contributed by atoms with Gasteiger partial charge < -0.3 is 15.1 Å². The quantitative estimate of drug-likeness (QED) is 0.853. The summed E-state index contributed by atoms with van der Waals surface area (Å²) in [6.07, 6.45) is 1.53. The lowest BCUT2D eigenvalue weighted by molar-refractivity contribution is -0.127. The molecule has 1 saturated heterocycles. The predicted molar refractivity (Wildman–Crippen MR) is 99.9 cm³/mol. The van der Waals surface area contributed by atoms with Gasteiger partial charge in [0.2, 0.25) is 5.91 Å². The molecule has 136 valence electrons. The van der Waals surface area contributed by atoms with E-state index in [1.807, 2.05) is 43.3 Å². The highest BCUT2D eigenvalue weighted by Gasteiger charge is 2.19. The highest BCUT2D eigenvalue weighted by molar-refractivity contribution is 5.94. The minimum absolute atomic E-state index is 0.141. The van der Waals surface area contributed by atoms with Crippen molar-refractivity contribution in [2.45, 2.75) is 12.8 Å². The summed E-state index contributed by atoms with van der Waals surface area (Å²) in [6.45, 7) is 1.82. The molecule has 3 rings (SSSR count). The van der Waals surface area contributed by atoms with E-state index in [0.717, 1.165) is 30.0 Å². The summed E-state index contributed by atoms with van der Waals surface area (Å²) >= 11 is 0. The average Bonchev–Trinajstić information content (AvgIpc) is 3.07. The molecule has 2 heterocycles. The maximum atomic E-state index is 12.2. The molecule has 0 spiro atoms. The first-order chi connectivity index (χ1) is 12.5. The van der Waals surface area contributed by atoms with Crippen LogP contribution in [0, 0.1) is 0 Å². The Kier molecular flexibility index (Phi) is 5.46. The monoisotopic (exact) mass is 353 g/mol. The summed E-state index contributed by atoms with van der Waals surface area (Å²) in [6, 6.07) is 11.1. The highest BCUT2D eigenvalue weighted by Crippen LogP contribution is 2.18. The van der Waals surface area contributed by atoms with Crippen LogP contribution < -0.4 is 10.2 Å². The standard InChI is InChI=1S/C19H23N5O2/c1-23(2)17-10-9-16(21-22-17)14-5-7-15(8-6-14)19(26)20-11-13-24-12-3-4-18(24)25/h5-10H,3-4,11-13H2,1-2H3,(H,20,26). The van der Waals surface area contributed by atoms with Crippen LogP contribution in [0.5, 0.6) is 0 Å². The summed E-state index contributed by atoms with van der Waals surface area (Å²) in [4.78, 5) is 27.4. The number of nitrogens with one attached hydrogen (secondary N) is 1. The van der Waals surface area contributed by atoms with Crippen molar-refractivity contribution in [3.8, 4) is 11.3 Å². The third-order valence-corrected chi connectivity index (χ3v) is 4.39. The third-order valence-electron chi connectivity index (χ3n) is 4.39. The highest BCUT2D eigenvalue weighted by atomic mass is 16.2. The smallest absolute Gasteiger partial charge is 0.251 e. The molecule has 0 atom stereocenters. The van der Waals surface area contributed by atoms with Crippen LogP contribution in [-0.4, -0.2) is 60.6 Å². The average molecular weight is 353 g/mol. The first-order valence-electron chi connectivity index (χ1n) is 8.72. The molecule has 0 saturated carbocycles. The Balaban J connectivity index is 1.56. The van der Waals surface area contributed by atoms with E-state index < -0.39 is 0 Å². The van der Waals surface area contributed by atoms with Gasteiger partial charge in [-0.05, 0) is 30.7 Å². The largest absolute Gasteiger partial charge is 0.361 e. The van der Waals surface area contributed by atoms with E-state index in [-0.39, 0.29) is 11.8 Å². The van der Waals surface area contributed by atoms with Gasteiger partial charge in [0.15, 0.2) is 5.82 Å². The molecule has 7 heteroatoms. The van der Waals surface area contributed by atoms with Crippen molar-refractivity contribution in [2.24, 2.45) is 0 Å². The fourth-order valence-corrected chi connectivity index (χ4v) is 2.86. The van der Waals surface area contributed by atoms with Crippen LogP contribution in [0.1, 0.15) is 23.2 Å². The molecule has 1 aromatic heterocycles. The Morgan fingerprint density at radius 1 is 1.15 bits per heavy atom. The fraction of sp³-hybridized carbons (Fsp3) is 0.368. The molecule has 2 aromatic rings. The molecular formula is C19H23N5O2. The van der Waals surface area contributed by atoms with Crippen LogP contribution in [0.3, 0.4) is 0 Å². The Labute approximate surface area is 153 Å². The van der Waals surface area contributed by atoms with Gasteiger partial charge in [0.1, 0.15) is 0 Å². The van der Waals surface area contributed by atoms with E-state index in [0.29, 0.717) is 25.1 Å². The van der Waals surface area contributed by atoms with Gasteiger partial charge in [-0.3, -0.25) is 9.59 Å². The second-order valence-electron chi connectivity index (χ2n) is 6.49. The predicted octanol–water partition coefficient (Wildman–Crippen LogP) is 1.56. The van der Waals surface area contributed by atoms with Gasteiger partial charge in [0.25, 0.3) is 5.91 Å². The number of amides is 2. The van der Waals surface area contributed by atoms with E-state index in [1.54, 1.807) is 17.0 Å². The SMILES string of the molecule is CN(C)c1ccc(-c2ccc(C(=O)NCCN3CCCC3=O)cc2)nn1. The minimum Gasteiger partial charge on any atom is -0.361 e. The first-order valence-corrected chi connectivity index (χ1v) is 8.72. The molecular weight excluding hydrogens is 330 g/mol. The lowest BCUT2D eigenvalue weighted by Gasteiger charge is -2.15. The van der Waals surface area contributed by atoms with Gasteiger partial charge in [-0.25, -0.2) is 0 Å². The van der Waals surface area contributed by atoms with E-state index in [4.69, 9.17) is 0 Å². The number of anilines is 1. The molecule has 0 bridgehead atoms. The molecule has 1 fully saturated rings. The van der Waals surface area contributed by atoms with E-state index >= 15 is 0 Å². The number of aromatic nitrogens is 2. The third kappa shape index (κ3) is 4.17. The number of hydrogen-bond acceptors (Lipinski definition) is 5. The van der Waals surface area contributed by atoms with E-state index in [1.165, 1.54) is 0 Å². The second-order valence-corrected chi connectivity index (χ2v) is 6.49. The fourth-order valence-electron chi connectivity index (χ4n) is 2.86. The first kappa shape index (κ1) is 17.8. The van der Waals surface area contributed by atoms with E-state index in [2.05, 4.69) is 15.5 Å². The Morgan fingerprint density at radius 2 is 1.92 bits per heavy atom. The van der Waals surface area contributed by atoms with Crippen LogP contribution in [0.15, 0.2) is 36.4 Å². The lowest BCUT2D eigenvalue weighted by Crippen LogP contribution is -2.35. The van der Waals surface area contributed by atoms with Crippen molar-refractivity contribution >= 4 is 17.6 Å². The number of likely N-dealkylation sites (tertiary alicyclic amines) is 1. The molecule has 7 nitrogen and oxygen atoms in total. The van der Waals surface area contributed by atoms with Crippen LogP contribution >= 0.6 is 0 Å². The van der Waals surface area contributed by atoms with Crippen molar-refractivity contribution in [2.75, 3.05) is 38.6 Å². The zero-order valence-corrected chi connectivity index (χ0v) is 15.1. The van der Waals surface area contributed by atoms with Crippen molar-refractivity contribution in [1.82, 2.24) is 20.4 Å². The second kappa shape index (κ2) is 7.95. The zero-order valence-electron chi connectivity index (χ0n) is 15.1. The van der Waals surface area contributed by atoms with Gasteiger partial charge in [-0.1, -0.05) is 12.1 Å². The number of carbonyl (C=O) groups excluding carboxylic acids is 2. The van der Waals surface area contributed by atoms with Gasteiger partial charge in [0.05, 0.1) is 5.69 Å².